The molecule has 0 unspecified atom stereocenters. The van der Waals surface area contributed by atoms with Crippen LogP contribution >= 0.6 is 11.8 Å². The molecule has 2 nitrogen and oxygen atoms in total. The zero-order valence-corrected chi connectivity index (χ0v) is 12.8. The fraction of sp³-hybridized carbons (Fsp3) is 0.235. The number of aryl methyl sites for hydroxylation is 1. The van der Waals surface area contributed by atoms with Gasteiger partial charge in [0.25, 0.3) is 5.91 Å². The second-order valence-electron chi connectivity index (χ2n) is 4.76. The third-order valence-electron chi connectivity index (χ3n) is 3.08. The molecule has 2 aromatic carbocycles. The summed E-state index contributed by atoms with van der Waals surface area (Å²) in [7, 11) is 0. The SMILES string of the molecule is Cc1ccc(C(=O)NCCSCc2ccccc2)cc1F. The Morgan fingerprint density at radius 1 is 1.19 bits per heavy atom. The number of thioether (sulfide) groups is 1. The molecule has 0 heterocycles. The number of halogens is 1. The fourth-order valence-electron chi connectivity index (χ4n) is 1.84. The molecular formula is C17H18FNOS. The summed E-state index contributed by atoms with van der Waals surface area (Å²) < 4.78 is 13.4. The molecule has 0 saturated carbocycles. The van der Waals surface area contributed by atoms with E-state index < -0.39 is 0 Å². The lowest BCUT2D eigenvalue weighted by Crippen LogP contribution is -2.25. The van der Waals surface area contributed by atoms with E-state index in [1.54, 1.807) is 30.8 Å². The highest BCUT2D eigenvalue weighted by atomic mass is 32.2. The van der Waals surface area contributed by atoms with Crippen LogP contribution in [-0.4, -0.2) is 18.2 Å². The van der Waals surface area contributed by atoms with Crippen molar-refractivity contribution in [1.29, 1.82) is 0 Å². The first-order chi connectivity index (χ1) is 10.2. The molecule has 0 atom stereocenters. The van der Waals surface area contributed by atoms with Crippen molar-refractivity contribution in [3.63, 3.8) is 0 Å². The summed E-state index contributed by atoms with van der Waals surface area (Å²) in [6.45, 7) is 2.25. The average Bonchev–Trinajstić information content (AvgIpc) is 2.50. The van der Waals surface area contributed by atoms with Crippen LogP contribution in [0.15, 0.2) is 48.5 Å². The molecule has 0 saturated heterocycles. The Balaban J connectivity index is 1.71. The molecule has 0 aliphatic carbocycles. The van der Waals surface area contributed by atoms with Gasteiger partial charge in [-0.1, -0.05) is 36.4 Å². The van der Waals surface area contributed by atoms with Crippen molar-refractivity contribution in [2.24, 2.45) is 0 Å². The van der Waals surface area contributed by atoms with Crippen LogP contribution in [0.2, 0.25) is 0 Å². The molecule has 2 rings (SSSR count). The summed E-state index contributed by atoms with van der Waals surface area (Å²) in [6, 6.07) is 14.7. The Kier molecular flexibility index (Phi) is 5.81. The van der Waals surface area contributed by atoms with Crippen molar-refractivity contribution < 1.29 is 9.18 Å². The van der Waals surface area contributed by atoms with Gasteiger partial charge in [0.15, 0.2) is 0 Å². The Bertz CT molecular complexity index is 601. The zero-order chi connectivity index (χ0) is 15.1. The average molecular weight is 303 g/mol. The van der Waals surface area contributed by atoms with E-state index in [9.17, 15) is 9.18 Å². The topological polar surface area (TPSA) is 29.1 Å². The van der Waals surface area contributed by atoms with Crippen LogP contribution in [0.5, 0.6) is 0 Å². The molecule has 0 aromatic heterocycles. The van der Waals surface area contributed by atoms with Crippen molar-refractivity contribution >= 4 is 17.7 Å². The normalized spacial score (nSPS) is 10.4. The first kappa shape index (κ1) is 15.6. The van der Waals surface area contributed by atoms with Crippen LogP contribution < -0.4 is 5.32 Å². The summed E-state index contributed by atoms with van der Waals surface area (Å²) >= 11 is 1.76. The lowest BCUT2D eigenvalue weighted by molar-refractivity contribution is 0.0955. The zero-order valence-electron chi connectivity index (χ0n) is 11.9. The minimum absolute atomic E-state index is 0.228. The van der Waals surface area contributed by atoms with Crippen LogP contribution in [0.4, 0.5) is 4.39 Å². The van der Waals surface area contributed by atoms with Gasteiger partial charge in [0.2, 0.25) is 0 Å². The first-order valence-electron chi connectivity index (χ1n) is 6.83. The Hall–Kier alpha value is -1.81. The van der Waals surface area contributed by atoms with Crippen LogP contribution in [-0.2, 0) is 5.75 Å². The molecule has 1 amide bonds. The largest absolute Gasteiger partial charge is 0.351 e. The molecule has 110 valence electrons. The van der Waals surface area contributed by atoms with Gasteiger partial charge in [0.05, 0.1) is 0 Å². The quantitative estimate of drug-likeness (QED) is 0.823. The van der Waals surface area contributed by atoms with Crippen LogP contribution in [0.3, 0.4) is 0 Å². The number of amides is 1. The molecule has 21 heavy (non-hydrogen) atoms. The lowest BCUT2D eigenvalue weighted by atomic mass is 10.1. The van der Waals surface area contributed by atoms with Gasteiger partial charge >= 0.3 is 0 Å². The van der Waals surface area contributed by atoms with Crippen molar-refractivity contribution in [3.05, 3.63) is 71.0 Å². The van der Waals surface area contributed by atoms with E-state index in [0.717, 1.165) is 11.5 Å². The van der Waals surface area contributed by atoms with Crippen LogP contribution in [0.25, 0.3) is 0 Å². The fourth-order valence-corrected chi connectivity index (χ4v) is 2.66. The number of nitrogens with one attached hydrogen (secondary N) is 1. The van der Waals surface area contributed by atoms with Gasteiger partial charge in [0, 0.05) is 23.6 Å². The van der Waals surface area contributed by atoms with E-state index in [1.807, 2.05) is 18.2 Å². The van der Waals surface area contributed by atoms with E-state index >= 15 is 0 Å². The molecule has 0 aliphatic rings. The summed E-state index contributed by atoms with van der Waals surface area (Å²) in [5, 5.41) is 2.81. The summed E-state index contributed by atoms with van der Waals surface area (Å²) in [4.78, 5) is 11.9. The molecular weight excluding hydrogens is 285 g/mol. The van der Waals surface area contributed by atoms with Gasteiger partial charge < -0.3 is 5.32 Å². The maximum atomic E-state index is 13.4. The summed E-state index contributed by atoms with van der Waals surface area (Å²) in [5.74, 6) is 1.18. The minimum Gasteiger partial charge on any atom is -0.351 e. The van der Waals surface area contributed by atoms with E-state index in [2.05, 4.69) is 17.4 Å². The maximum Gasteiger partial charge on any atom is 0.251 e. The van der Waals surface area contributed by atoms with E-state index in [1.165, 1.54) is 11.6 Å². The second kappa shape index (κ2) is 7.84. The van der Waals surface area contributed by atoms with Crippen molar-refractivity contribution in [2.75, 3.05) is 12.3 Å². The summed E-state index contributed by atoms with van der Waals surface area (Å²) in [6.07, 6.45) is 0. The molecule has 2 aromatic rings. The Morgan fingerprint density at radius 2 is 1.95 bits per heavy atom. The van der Waals surface area contributed by atoms with Crippen LogP contribution in [0, 0.1) is 12.7 Å². The van der Waals surface area contributed by atoms with Crippen molar-refractivity contribution in [2.45, 2.75) is 12.7 Å². The highest BCUT2D eigenvalue weighted by Gasteiger charge is 2.07. The molecule has 0 fully saturated rings. The Morgan fingerprint density at radius 3 is 2.67 bits per heavy atom. The number of carbonyl (C=O) groups is 1. The maximum absolute atomic E-state index is 13.4. The predicted octanol–water partition coefficient (Wildman–Crippen LogP) is 3.80. The third kappa shape index (κ3) is 4.90. The number of hydrogen-bond acceptors (Lipinski definition) is 2. The van der Waals surface area contributed by atoms with Gasteiger partial charge in [-0.25, -0.2) is 4.39 Å². The first-order valence-corrected chi connectivity index (χ1v) is 7.98. The third-order valence-corrected chi connectivity index (χ3v) is 4.11. The molecule has 4 heteroatoms. The molecule has 0 spiro atoms. The van der Waals surface area contributed by atoms with Gasteiger partial charge in [-0.15, -0.1) is 0 Å². The van der Waals surface area contributed by atoms with Gasteiger partial charge in [-0.3, -0.25) is 4.79 Å². The smallest absolute Gasteiger partial charge is 0.251 e. The number of rotatable bonds is 6. The highest BCUT2D eigenvalue weighted by molar-refractivity contribution is 7.98. The minimum atomic E-state index is -0.346. The molecule has 0 bridgehead atoms. The van der Waals surface area contributed by atoms with E-state index in [0.29, 0.717) is 17.7 Å². The van der Waals surface area contributed by atoms with Crippen LogP contribution in [0.1, 0.15) is 21.5 Å². The van der Waals surface area contributed by atoms with Crippen molar-refractivity contribution in [3.8, 4) is 0 Å². The number of benzene rings is 2. The molecule has 0 radical (unpaired) electrons. The Labute approximate surface area is 128 Å². The second-order valence-corrected chi connectivity index (χ2v) is 5.86. The number of hydrogen-bond donors (Lipinski definition) is 1. The summed E-state index contributed by atoms with van der Waals surface area (Å²) in [5.41, 5.74) is 2.19. The molecule has 1 N–H and O–H groups in total. The lowest BCUT2D eigenvalue weighted by Gasteiger charge is -2.06. The van der Waals surface area contributed by atoms with E-state index in [4.69, 9.17) is 0 Å². The van der Waals surface area contributed by atoms with Gasteiger partial charge in [0.1, 0.15) is 5.82 Å². The van der Waals surface area contributed by atoms with Gasteiger partial charge in [-0.2, -0.15) is 11.8 Å². The standard InChI is InChI=1S/C17H18FNOS/c1-13-7-8-15(11-16(13)18)17(20)19-9-10-21-12-14-5-3-2-4-6-14/h2-8,11H,9-10,12H2,1H3,(H,19,20). The number of carbonyl (C=O) groups excluding carboxylic acids is 1. The highest BCUT2D eigenvalue weighted by Crippen LogP contribution is 2.11. The molecule has 0 aliphatic heterocycles. The van der Waals surface area contributed by atoms with Crippen molar-refractivity contribution in [1.82, 2.24) is 5.32 Å². The van der Waals surface area contributed by atoms with E-state index in [-0.39, 0.29) is 11.7 Å². The monoisotopic (exact) mass is 303 g/mol. The predicted molar refractivity (Wildman–Crippen MR) is 86.1 cm³/mol. The van der Waals surface area contributed by atoms with Gasteiger partial charge in [-0.05, 0) is 30.2 Å².